The lowest BCUT2D eigenvalue weighted by Gasteiger charge is -2.32. The first-order valence-electron chi connectivity index (χ1n) is 11.7. The Morgan fingerprint density at radius 3 is 2.20 bits per heavy atom. The summed E-state index contributed by atoms with van der Waals surface area (Å²) < 4.78 is 31.8. The molecule has 0 bridgehead atoms. The Balaban J connectivity index is 2.39. The molecular weight excluding hydrogens is 466 g/mol. The molecule has 0 heterocycles. The van der Waals surface area contributed by atoms with E-state index in [4.69, 9.17) is 4.74 Å². The van der Waals surface area contributed by atoms with Crippen molar-refractivity contribution in [1.82, 2.24) is 10.2 Å². The third-order valence-electron chi connectivity index (χ3n) is 5.68. The number of sulfonamides is 1. The first-order chi connectivity index (χ1) is 16.5. The van der Waals surface area contributed by atoms with Gasteiger partial charge in [0.15, 0.2) is 0 Å². The second-order valence-corrected chi connectivity index (χ2v) is 10.8. The fraction of sp³-hybridized carbons (Fsp3) is 0.462. The van der Waals surface area contributed by atoms with Crippen LogP contribution in [0, 0.1) is 5.92 Å². The minimum Gasteiger partial charge on any atom is -0.497 e. The highest BCUT2D eigenvalue weighted by molar-refractivity contribution is 7.92. The summed E-state index contributed by atoms with van der Waals surface area (Å²) in [6.45, 7) is 7.77. The monoisotopic (exact) mass is 503 g/mol. The summed E-state index contributed by atoms with van der Waals surface area (Å²) in [6, 6.07) is 13.5. The molecule has 1 N–H and O–H groups in total. The predicted molar refractivity (Wildman–Crippen MR) is 139 cm³/mol. The molecule has 0 fully saturated rings. The Kier molecular flexibility index (Phi) is 10.1. The zero-order valence-electron chi connectivity index (χ0n) is 21.4. The minimum atomic E-state index is -3.76. The molecule has 9 heteroatoms. The summed E-state index contributed by atoms with van der Waals surface area (Å²) >= 11 is 0. The number of hydrogen-bond acceptors (Lipinski definition) is 5. The highest BCUT2D eigenvalue weighted by Gasteiger charge is 2.30. The molecule has 192 valence electrons. The summed E-state index contributed by atoms with van der Waals surface area (Å²) in [4.78, 5) is 27.9. The zero-order chi connectivity index (χ0) is 26.2. The molecule has 8 nitrogen and oxygen atoms in total. The lowest BCUT2D eigenvalue weighted by atomic mass is 10.1. The van der Waals surface area contributed by atoms with E-state index in [2.05, 4.69) is 5.32 Å². The van der Waals surface area contributed by atoms with Gasteiger partial charge in [-0.3, -0.25) is 13.9 Å². The van der Waals surface area contributed by atoms with E-state index in [-0.39, 0.29) is 18.4 Å². The Hall–Kier alpha value is -3.07. The molecule has 0 saturated heterocycles. The average Bonchev–Trinajstić information content (AvgIpc) is 2.83. The molecule has 0 aromatic heterocycles. The van der Waals surface area contributed by atoms with Crippen molar-refractivity contribution >= 4 is 27.5 Å². The SMILES string of the molecule is CCc1ccccc1N(CC(=O)N(Cc1ccc(OC)cc1)[C@@H](C)C(=O)NCC(C)C)S(C)(=O)=O. The number of ether oxygens (including phenoxy) is 1. The molecule has 1 atom stereocenters. The maximum atomic E-state index is 13.6. The number of nitrogens with zero attached hydrogens (tertiary/aromatic N) is 2. The van der Waals surface area contributed by atoms with Crippen LogP contribution in [0.5, 0.6) is 5.75 Å². The molecule has 0 saturated carbocycles. The van der Waals surface area contributed by atoms with Crippen molar-refractivity contribution in [3.8, 4) is 5.75 Å². The Labute approximate surface area is 209 Å². The number of amides is 2. The fourth-order valence-corrected chi connectivity index (χ4v) is 4.49. The lowest BCUT2D eigenvalue weighted by molar-refractivity contribution is -0.139. The zero-order valence-corrected chi connectivity index (χ0v) is 22.3. The van der Waals surface area contributed by atoms with Gasteiger partial charge in [0.2, 0.25) is 21.8 Å². The van der Waals surface area contributed by atoms with Gasteiger partial charge in [-0.25, -0.2) is 8.42 Å². The van der Waals surface area contributed by atoms with Gasteiger partial charge in [0, 0.05) is 13.1 Å². The van der Waals surface area contributed by atoms with Gasteiger partial charge in [-0.15, -0.1) is 0 Å². The number of nitrogens with one attached hydrogen (secondary N) is 1. The lowest BCUT2D eigenvalue weighted by Crippen LogP contribution is -2.51. The normalized spacial score (nSPS) is 12.2. The quantitative estimate of drug-likeness (QED) is 0.480. The molecule has 2 aromatic rings. The third-order valence-corrected chi connectivity index (χ3v) is 6.81. The van der Waals surface area contributed by atoms with E-state index in [1.165, 1.54) is 4.90 Å². The van der Waals surface area contributed by atoms with Crippen molar-refractivity contribution in [3.63, 3.8) is 0 Å². The van der Waals surface area contributed by atoms with Gasteiger partial charge in [-0.05, 0) is 48.6 Å². The van der Waals surface area contributed by atoms with E-state index in [0.717, 1.165) is 21.7 Å². The van der Waals surface area contributed by atoms with E-state index in [1.54, 1.807) is 38.3 Å². The van der Waals surface area contributed by atoms with Crippen LogP contribution in [0.3, 0.4) is 0 Å². The number of carbonyl (C=O) groups is 2. The minimum absolute atomic E-state index is 0.145. The molecule has 2 amide bonds. The number of rotatable bonds is 12. The highest BCUT2D eigenvalue weighted by Crippen LogP contribution is 2.24. The van der Waals surface area contributed by atoms with E-state index < -0.39 is 28.5 Å². The molecule has 0 aliphatic rings. The van der Waals surface area contributed by atoms with Crippen LogP contribution in [0.15, 0.2) is 48.5 Å². The molecule has 2 aromatic carbocycles. The molecule has 0 aliphatic heterocycles. The van der Waals surface area contributed by atoms with Crippen molar-refractivity contribution in [2.24, 2.45) is 5.92 Å². The first kappa shape index (κ1) is 28.2. The van der Waals surface area contributed by atoms with Crippen molar-refractivity contribution in [2.75, 3.05) is 30.8 Å². The molecule has 0 radical (unpaired) electrons. The second kappa shape index (κ2) is 12.6. The smallest absolute Gasteiger partial charge is 0.244 e. The van der Waals surface area contributed by atoms with E-state index >= 15 is 0 Å². The van der Waals surface area contributed by atoms with Crippen molar-refractivity contribution in [3.05, 3.63) is 59.7 Å². The van der Waals surface area contributed by atoms with Crippen LogP contribution in [0.1, 0.15) is 38.8 Å². The summed E-state index contributed by atoms with van der Waals surface area (Å²) in [7, 11) is -2.19. The largest absolute Gasteiger partial charge is 0.497 e. The second-order valence-electron chi connectivity index (χ2n) is 8.94. The number of carbonyl (C=O) groups excluding carboxylic acids is 2. The predicted octanol–water partition coefficient (Wildman–Crippen LogP) is 3.21. The molecule has 35 heavy (non-hydrogen) atoms. The number of hydrogen-bond donors (Lipinski definition) is 1. The highest BCUT2D eigenvalue weighted by atomic mass is 32.2. The van der Waals surface area contributed by atoms with Crippen LogP contribution < -0.4 is 14.4 Å². The first-order valence-corrected chi connectivity index (χ1v) is 13.6. The van der Waals surface area contributed by atoms with E-state index in [0.29, 0.717) is 24.4 Å². The van der Waals surface area contributed by atoms with Gasteiger partial charge in [-0.2, -0.15) is 0 Å². The maximum absolute atomic E-state index is 13.6. The van der Waals surface area contributed by atoms with Crippen molar-refractivity contribution < 1.29 is 22.7 Å². The molecule has 0 aliphatic carbocycles. The van der Waals surface area contributed by atoms with Crippen LogP contribution in [-0.2, 0) is 32.6 Å². The van der Waals surface area contributed by atoms with Gasteiger partial charge in [0.25, 0.3) is 0 Å². The van der Waals surface area contributed by atoms with Crippen LogP contribution in [0.4, 0.5) is 5.69 Å². The van der Waals surface area contributed by atoms with Crippen LogP contribution >= 0.6 is 0 Å². The molecule has 2 rings (SSSR count). The average molecular weight is 504 g/mol. The van der Waals surface area contributed by atoms with Crippen LogP contribution in [0.25, 0.3) is 0 Å². The van der Waals surface area contributed by atoms with E-state index in [1.807, 2.05) is 45.0 Å². The summed E-state index contributed by atoms with van der Waals surface area (Å²) in [5, 5.41) is 2.87. The number of methoxy groups -OCH3 is 1. The molecule has 0 spiro atoms. The number of anilines is 1. The Morgan fingerprint density at radius 1 is 1.03 bits per heavy atom. The Bertz CT molecular complexity index is 1100. The van der Waals surface area contributed by atoms with Crippen molar-refractivity contribution in [2.45, 2.75) is 46.7 Å². The number of benzene rings is 2. The summed E-state index contributed by atoms with van der Waals surface area (Å²) in [6.07, 6.45) is 1.69. The van der Waals surface area contributed by atoms with Gasteiger partial charge < -0.3 is 15.0 Å². The Morgan fingerprint density at radius 2 is 1.66 bits per heavy atom. The topological polar surface area (TPSA) is 96.0 Å². The summed E-state index contributed by atoms with van der Waals surface area (Å²) in [5.41, 5.74) is 2.07. The van der Waals surface area contributed by atoms with E-state index in [9.17, 15) is 18.0 Å². The summed E-state index contributed by atoms with van der Waals surface area (Å²) in [5.74, 6) is 0.168. The number of para-hydroxylation sites is 1. The van der Waals surface area contributed by atoms with Gasteiger partial charge in [-0.1, -0.05) is 51.1 Å². The fourth-order valence-electron chi connectivity index (χ4n) is 3.61. The van der Waals surface area contributed by atoms with Gasteiger partial charge in [0.05, 0.1) is 19.1 Å². The molecular formula is C26H37N3O5S. The van der Waals surface area contributed by atoms with Crippen LogP contribution in [-0.4, -0.2) is 57.6 Å². The van der Waals surface area contributed by atoms with Gasteiger partial charge >= 0.3 is 0 Å². The van der Waals surface area contributed by atoms with Gasteiger partial charge in [0.1, 0.15) is 18.3 Å². The third kappa shape index (κ3) is 7.99. The standard InChI is InChI=1S/C26H37N3O5S/c1-7-22-10-8-9-11-24(22)29(35(6,32)33)18-25(30)28(20(4)26(31)27-16-19(2)3)17-21-12-14-23(34-5)15-13-21/h8-15,19-20H,7,16-18H2,1-6H3,(H,27,31)/t20-/m0/s1. The maximum Gasteiger partial charge on any atom is 0.244 e. The number of aryl methyl sites for hydroxylation is 1. The molecule has 0 unspecified atom stereocenters. The van der Waals surface area contributed by atoms with Crippen molar-refractivity contribution in [1.29, 1.82) is 0 Å². The van der Waals surface area contributed by atoms with Crippen LogP contribution in [0.2, 0.25) is 0 Å².